The van der Waals surface area contributed by atoms with Gasteiger partial charge in [-0.3, -0.25) is 14.5 Å². The number of amides is 2. The largest absolute Gasteiger partial charge is 0.494 e. The molecule has 0 spiro atoms. The molecule has 0 radical (unpaired) electrons. The standard InChI is InChI=1S/C27H28N2O3/c1-5-32-23-15-13-22(14-16-23)29-25(30)17-28(24-8-6-7-19(3)20(24)4)27(31)26(29)21-11-9-18(2)10-12-21/h6-16,26H,5,17H2,1-4H3/t26-/m1/s1. The van der Waals surface area contributed by atoms with Gasteiger partial charge >= 0.3 is 0 Å². The molecule has 0 aromatic heterocycles. The Hall–Kier alpha value is -3.60. The molecule has 0 bridgehead atoms. The van der Waals surface area contributed by atoms with Crippen LogP contribution in [0.1, 0.15) is 35.2 Å². The van der Waals surface area contributed by atoms with Crippen LogP contribution in [0.4, 0.5) is 11.4 Å². The molecule has 0 aliphatic carbocycles. The third-order valence-electron chi connectivity index (χ3n) is 6.01. The Morgan fingerprint density at radius 3 is 2.25 bits per heavy atom. The van der Waals surface area contributed by atoms with Crippen molar-refractivity contribution in [3.63, 3.8) is 0 Å². The number of ether oxygens (including phenoxy) is 1. The molecule has 0 N–H and O–H groups in total. The number of piperazine rings is 1. The van der Waals surface area contributed by atoms with Crippen molar-refractivity contribution in [3.8, 4) is 5.75 Å². The van der Waals surface area contributed by atoms with Gasteiger partial charge in [0.25, 0.3) is 5.91 Å². The molecule has 0 saturated carbocycles. The maximum absolute atomic E-state index is 13.9. The molecule has 3 aromatic carbocycles. The Morgan fingerprint density at radius 1 is 0.906 bits per heavy atom. The van der Waals surface area contributed by atoms with Crippen LogP contribution in [0.25, 0.3) is 0 Å². The zero-order chi connectivity index (χ0) is 22.8. The number of nitrogens with zero attached hydrogens (tertiary/aromatic N) is 2. The third kappa shape index (κ3) is 3.98. The van der Waals surface area contributed by atoms with Crippen molar-refractivity contribution in [2.45, 2.75) is 33.7 Å². The van der Waals surface area contributed by atoms with Gasteiger partial charge in [0.1, 0.15) is 18.3 Å². The highest BCUT2D eigenvalue weighted by atomic mass is 16.5. The van der Waals surface area contributed by atoms with Gasteiger partial charge in [0.2, 0.25) is 5.91 Å². The Morgan fingerprint density at radius 2 is 1.59 bits per heavy atom. The summed E-state index contributed by atoms with van der Waals surface area (Å²) in [6, 6.07) is 20.3. The van der Waals surface area contributed by atoms with Crippen molar-refractivity contribution < 1.29 is 14.3 Å². The average molecular weight is 429 g/mol. The van der Waals surface area contributed by atoms with Crippen LogP contribution in [-0.2, 0) is 9.59 Å². The van der Waals surface area contributed by atoms with Gasteiger partial charge < -0.3 is 9.64 Å². The Labute approximate surface area is 189 Å². The summed E-state index contributed by atoms with van der Waals surface area (Å²) >= 11 is 0. The van der Waals surface area contributed by atoms with E-state index in [4.69, 9.17) is 4.74 Å². The molecule has 1 aliphatic heterocycles. The Kier molecular flexibility index (Phi) is 5.99. The third-order valence-corrected chi connectivity index (χ3v) is 6.01. The first kappa shape index (κ1) is 21.6. The number of carbonyl (C=O) groups is 2. The molecule has 1 fully saturated rings. The van der Waals surface area contributed by atoms with Crippen molar-refractivity contribution >= 4 is 23.2 Å². The van der Waals surface area contributed by atoms with Gasteiger partial charge in [-0.2, -0.15) is 0 Å². The first-order chi connectivity index (χ1) is 15.4. The van der Waals surface area contributed by atoms with Crippen molar-refractivity contribution in [1.82, 2.24) is 0 Å². The monoisotopic (exact) mass is 428 g/mol. The van der Waals surface area contributed by atoms with Crippen LogP contribution < -0.4 is 14.5 Å². The highest BCUT2D eigenvalue weighted by molar-refractivity contribution is 6.14. The lowest BCUT2D eigenvalue weighted by atomic mass is 9.97. The van der Waals surface area contributed by atoms with E-state index in [0.29, 0.717) is 12.3 Å². The molecule has 5 nitrogen and oxygen atoms in total. The predicted molar refractivity (Wildman–Crippen MR) is 127 cm³/mol. The summed E-state index contributed by atoms with van der Waals surface area (Å²) in [6.07, 6.45) is 0. The quantitative estimate of drug-likeness (QED) is 0.566. The number of benzene rings is 3. The van der Waals surface area contributed by atoms with Crippen LogP contribution in [0.15, 0.2) is 66.7 Å². The SMILES string of the molecule is CCOc1ccc(N2C(=O)CN(c3cccc(C)c3C)C(=O)[C@H]2c2ccc(C)cc2)cc1. The van der Waals surface area contributed by atoms with E-state index < -0.39 is 6.04 Å². The molecule has 164 valence electrons. The van der Waals surface area contributed by atoms with Crippen LogP contribution in [-0.4, -0.2) is 25.0 Å². The fourth-order valence-electron chi connectivity index (χ4n) is 4.13. The van der Waals surface area contributed by atoms with Crippen LogP contribution in [0.2, 0.25) is 0 Å². The van der Waals surface area contributed by atoms with Crippen LogP contribution in [0.5, 0.6) is 5.75 Å². The minimum Gasteiger partial charge on any atom is -0.494 e. The Balaban J connectivity index is 1.80. The highest BCUT2D eigenvalue weighted by Crippen LogP contribution is 2.36. The minimum atomic E-state index is -0.741. The first-order valence-corrected chi connectivity index (χ1v) is 10.9. The van der Waals surface area contributed by atoms with E-state index in [9.17, 15) is 9.59 Å². The fourth-order valence-corrected chi connectivity index (χ4v) is 4.13. The highest BCUT2D eigenvalue weighted by Gasteiger charge is 2.42. The van der Waals surface area contributed by atoms with Gasteiger partial charge in [-0.1, -0.05) is 42.0 Å². The summed E-state index contributed by atoms with van der Waals surface area (Å²) in [7, 11) is 0. The zero-order valence-corrected chi connectivity index (χ0v) is 19.0. The molecule has 1 aliphatic rings. The lowest BCUT2D eigenvalue weighted by molar-refractivity contribution is -0.128. The second-order valence-electron chi connectivity index (χ2n) is 8.15. The topological polar surface area (TPSA) is 49.9 Å². The number of hydrogen-bond donors (Lipinski definition) is 0. The van der Waals surface area contributed by atoms with Crippen LogP contribution in [0.3, 0.4) is 0 Å². The summed E-state index contributed by atoms with van der Waals surface area (Å²) in [5, 5.41) is 0. The van der Waals surface area contributed by atoms with E-state index in [1.54, 1.807) is 9.80 Å². The fraction of sp³-hybridized carbons (Fsp3) is 0.259. The average Bonchev–Trinajstić information content (AvgIpc) is 2.78. The van der Waals surface area contributed by atoms with Crippen LogP contribution >= 0.6 is 0 Å². The number of carbonyl (C=O) groups excluding carboxylic acids is 2. The van der Waals surface area contributed by atoms with Crippen molar-refractivity contribution in [2.75, 3.05) is 23.0 Å². The lowest BCUT2D eigenvalue weighted by Crippen LogP contribution is -2.56. The van der Waals surface area contributed by atoms with Crippen molar-refractivity contribution in [2.24, 2.45) is 0 Å². The van der Waals surface area contributed by atoms with E-state index in [0.717, 1.165) is 33.7 Å². The zero-order valence-electron chi connectivity index (χ0n) is 19.0. The summed E-state index contributed by atoms with van der Waals surface area (Å²) in [5.74, 6) is 0.493. The normalized spacial score (nSPS) is 16.4. The molecule has 2 amide bonds. The summed E-state index contributed by atoms with van der Waals surface area (Å²) in [4.78, 5) is 30.6. The summed E-state index contributed by atoms with van der Waals surface area (Å²) in [6.45, 7) is 8.50. The maximum Gasteiger partial charge on any atom is 0.255 e. The maximum atomic E-state index is 13.9. The minimum absolute atomic E-state index is 0.00129. The molecular formula is C27H28N2O3. The molecule has 3 aromatic rings. The molecule has 1 atom stereocenters. The number of rotatable bonds is 5. The van der Waals surface area contributed by atoms with Crippen molar-refractivity contribution in [1.29, 1.82) is 0 Å². The van der Waals surface area contributed by atoms with E-state index in [-0.39, 0.29) is 18.4 Å². The first-order valence-electron chi connectivity index (χ1n) is 10.9. The molecule has 0 unspecified atom stereocenters. The Bertz CT molecular complexity index is 1140. The van der Waals surface area contributed by atoms with Gasteiger partial charge in [0.15, 0.2) is 0 Å². The van der Waals surface area contributed by atoms with Crippen LogP contribution in [0, 0.1) is 20.8 Å². The molecular weight excluding hydrogens is 400 g/mol. The predicted octanol–water partition coefficient (Wildman–Crippen LogP) is 5.13. The van der Waals surface area contributed by atoms with Gasteiger partial charge in [-0.25, -0.2) is 0 Å². The molecule has 5 heteroatoms. The molecule has 4 rings (SSSR count). The lowest BCUT2D eigenvalue weighted by Gasteiger charge is -2.41. The number of hydrogen-bond acceptors (Lipinski definition) is 3. The van der Waals surface area contributed by atoms with Gasteiger partial charge in [0.05, 0.1) is 6.61 Å². The smallest absolute Gasteiger partial charge is 0.255 e. The number of anilines is 2. The summed E-state index contributed by atoms with van der Waals surface area (Å²) < 4.78 is 5.54. The van der Waals surface area contributed by atoms with E-state index in [1.165, 1.54) is 0 Å². The second-order valence-corrected chi connectivity index (χ2v) is 8.15. The van der Waals surface area contributed by atoms with Gasteiger partial charge in [-0.05, 0) is 74.7 Å². The summed E-state index contributed by atoms with van der Waals surface area (Å²) in [5.41, 5.74) is 5.44. The van der Waals surface area contributed by atoms with E-state index in [1.807, 2.05) is 94.4 Å². The molecule has 32 heavy (non-hydrogen) atoms. The van der Waals surface area contributed by atoms with E-state index >= 15 is 0 Å². The molecule has 1 heterocycles. The molecule has 1 saturated heterocycles. The van der Waals surface area contributed by atoms with Gasteiger partial charge in [-0.15, -0.1) is 0 Å². The van der Waals surface area contributed by atoms with Gasteiger partial charge in [0, 0.05) is 11.4 Å². The number of aryl methyl sites for hydroxylation is 2. The second kappa shape index (κ2) is 8.87. The van der Waals surface area contributed by atoms with Crippen molar-refractivity contribution in [3.05, 3.63) is 89.0 Å². The van der Waals surface area contributed by atoms with E-state index in [2.05, 4.69) is 0 Å².